The van der Waals surface area contributed by atoms with E-state index in [0.717, 1.165) is 12.8 Å². The summed E-state index contributed by atoms with van der Waals surface area (Å²) >= 11 is 0. The Kier molecular flexibility index (Phi) is 5.49. The van der Waals surface area contributed by atoms with E-state index in [4.69, 9.17) is 4.74 Å². The molecule has 1 atom stereocenters. The molecule has 142 valence electrons. The highest BCUT2D eigenvalue weighted by Gasteiger charge is 2.48. The summed E-state index contributed by atoms with van der Waals surface area (Å²) in [4.78, 5) is 28.4. The van der Waals surface area contributed by atoms with E-state index < -0.39 is 5.60 Å². The summed E-state index contributed by atoms with van der Waals surface area (Å²) in [5, 5.41) is 0. The molecule has 0 aliphatic carbocycles. The molecule has 0 saturated carbocycles. The zero-order valence-corrected chi connectivity index (χ0v) is 15.5. The minimum absolute atomic E-state index is 0.00835. The Balaban J connectivity index is 1.55. The van der Waals surface area contributed by atoms with Crippen molar-refractivity contribution in [3.8, 4) is 0 Å². The van der Waals surface area contributed by atoms with Gasteiger partial charge in [-0.2, -0.15) is 0 Å². The van der Waals surface area contributed by atoms with Crippen molar-refractivity contribution in [1.82, 2.24) is 9.80 Å². The Bertz CT molecular complexity index is 671. The van der Waals surface area contributed by atoms with E-state index >= 15 is 0 Å². The van der Waals surface area contributed by atoms with E-state index in [1.807, 2.05) is 4.90 Å². The van der Waals surface area contributed by atoms with Gasteiger partial charge in [-0.15, -0.1) is 0 Å². The number of rotatable bonds is 5. The van der Waals surface area contributed by atoms with E-state index in [9.17, 15) is 14.0 Å². The molecule has 1 aromatic rings. The molecule has 1 spiro atoms. The molecular weight excluding hydrogens is 335 g/mol. The lowest BCUT2D eigenvalue weighted by molar-refractivity contribution is -0.133. The number of ether oxygens (including phenoxy) is 1. The highest BCUT2D eigenvalue weighted by atomic mass is 19.1. The second kappa shape index (κ2) is 7.64. The van der Waals surface area contributed by atoms with Gasteiger partial charge >= 0.3 is 6.09 Å². The second-order valence-corrected chi connectivity index (χ2v) is 7.50. The fourth-order valence-corrected chi connectivity index (χ4v) is 3.92. The van der Waals surface area contributed by atoms with Crippen LogP contribution < -0.4 is 0 Å². The molecule has 0 N–H and O–H groups in total. The standard InChI is InChI=1S/C20H27FN2O3/c1-3-5-15(2)23-14-20(26-19(23)25)8-10-22(11-9-20)18(24)13-16-6-4-7-17(21)12-16/h4,6-7,12,15H,3,5,8-11,13-14H2,1-2H3/t15-/m1/s1. The summed E-state index contributed by atoms with van der Waals surface area (Å²) in [6.45, 7) is 5.91. The van der Waals surface area contributed by atoms with Crippen LogP contribution in [0.4, 0.5) is 9.18 Å². The molecule has 0 aromatic heterocycles. The monoisotopic (exact) mass is 362 g/mol. The van der Waals surface area contributed by atoms with Gasteiger partial charge in [-0.1, -0.05) is 25.5 Å². The van der Waals surface area contributed by atoms with Crippen LogP contribution in [0.3, 0.4) is 0 Å². The third-order valence-electron chi connectivity index (χ3n) is 5.51. The zero-order chi connectivity index (χ0) is 18.7. The largest absolute Gasteiger partial charge is 0.441 e. The summed E-state index contributed by atoms with van der Waals surface area (Å²) < 4.78 is 19.0. The average molecular weight is 362 g/mol. The molecule has 3 rings (SSSR count). The van der Waals surface area contributed by atoms with E-state index in [0.29, 0.717) is 38.0 Å². The maximum Gasteiger partial charge on any atom is 0.410 e. The molecule has 6 heteroatoms. The van der Waals surface area contributed by atoms with Gasteiger partial charge in [-0.05, 0) is 31.0 Å². The number of amides is 2. The van der Waals surface area contributed by atoms with Gasteiger partial charge < -0.3 is 14.5 Å². The second-order valence-electron chi connectivity index (χ2n) is 7.50. The van der Waals surface area contributed by atoms with Crippen LogP contribution in [0.2, 0.25) is 0 Å². The molecule has 2 heterocycles. The quantitative estimate of drug-likeness (QED) is 0.807. The SMILES string of the molecule is CCC[C@@H](C)N1CC2(CCN(C(=O)Cc3cccc(F)c3)CC2)OC1=O. The Morgan fingerprint density at radius 2 is 2.08 bits per heavy atom. The van der Waals surface area contributed by atoms with Gasteiger partial charge in [0.1, 0.15) is 11.4 Å². The average Bonchev–Trinajstić information content (AvgIpc) is 2.92. The van der Waals surface area contributed by atoms with E-state index in [1.54, 1.807) is 17.0 Å². The number of carbonyl (C=O) groups is 2. The molecule has 2 fully saturated rings. The number of hydrogen-bond donors (Lipinski definition) is 0. The van der Waals surface area contributed by atoms with Crippen molar-refractivity contribution < 1.29 is 18.7 Å². The molecule has 2 aliphatic rings. The fraction of sp³-hybridized carbons (Fsp3) is 0.600. The number of carbonyl (C=O) groups excluding carboxylic acids is 2. The van der Waals surface area contributed by atoms with Crippen LogP contribution in [0.5, 0.6) is 0 Å². The van der Waals surface area contributed by atoms with Crippen LogP contribution in [-0.2, 0) is 16.0 Å². The van der Waals surface area contributed by atoms with Crippen molar-refractivity contribution in [2.75, 3.05) is 19.6 Å². The molecule has 0 unspecified atom stereocenters. The summed E-state index contributed by atoms with van der Waals surface area (Å²) in [5.41, 5.74) is 0.219. The maximum atomic E-state index is 13.3. The first kappa shape index (κ1) is 18.7. The molecule has 2 saturated heterocycles. The highest BCUT2D eigenvalue weighted by Crippen LogP contribution is 2.34. The molecule has 0 radical (unpaired) electrons. The lowest BCUT2D eigenvalue weighted by atomic mass is 9.90. The van der Waals surface area contributed by atoms with Crippen molar-refractivity contribution in [2.24, 2.45) is 0 Å². The number of halogens is 1. The van der Waals surface area contributed by atoms with Crippen LogP contribution in [0.1, 0.15) is 45.1 Å². The first-order chi connectivity index (χ1) is 12.4. The third kappa shape index (κ3) is 4.00. The maximum absolute atomic E-state index is 13.3. The summed E-state index contributed by atoms with van der Waals surface area (Å²) in [7, 11) is 0. The lowest BCUT2D eigenvalue weighted by Crippen LogP contribution is -2.49. The van der Waals surface area contributed by atoms with Crippen molar-refractivity contribution in [2.45, 2.75) is 57.6 Å². The minimum Gasteiger partial charge on any atom is -0.441 e. The molecule has 0 bridgehead atoms. The fourth-order valence-electron chi connectivity index (χ4n) is 3.92. The van der Waals surface area contributed by atoms with Crippen molar-refractivity contribution >= 4 is 12.0 Å². The smallest absolute Gasteiger partial charge is 0.410 e. The van der Waals surface area contributed by atoms with Gasteiger partial charge in [0, 0.05) is 32.0 Å². The van der Waals surface area contributed by atoms with Gasteiger partial charge in [-0.25, -0.2) is 9.18 Å². The summed E-state index contributed by atoms with van der Waals surface area (Å²) in [6, 6.07) is 6.33. The number of hydrogen-bond acceptors (Lipinski definition) is 3. The zero-order valence-electron chi connectivity index (χ0n) is 15.5. The molecule has 5 nitrogen and oxygen atoms in total. The van der Waals surface area contributed by atoms with Gasteiger partial charge in [0.2, 0.25) is 5.91 Å². The predicted octanol–water partition coefficient (Wildman–Crippen LogP) is 3.37. The van der Waals surface area contributed by atoms with Crippen LogP contribution >= 0.6 is 0 Å². The molecule has 2 aliphatic heterocycles. The number of nitrogens with zero attached hydrogens (tertiary/aromatic N) is 2. The number of likely N-dealkylation sites (tertiary alicyclic amines) is 1. The molecular formula is C20H27FN2O3. The van der Waals surface area contributed by atoms with E-state index in [-0.39, 0.29) is 30.3 Å². The molecule has 1 aromatic carbocycles. The Morgan fingerprint density at radius 3 is 2.73 bits per heavy atom. The normalized spacial score (nSPS) is 20.3. The van der Waals surface area contributed by atoms with Gasteiger partial charge in [0.15, 0.2) is 0 Å². The van der Waals surface area contributed by atoms with Crippen molar-refractivity contribution in [3.63, 3.8) is 0 Å². The lowest BCUT2D eigenvalue weighted by Gasteiger charge is -2.37. The predicted molar refractivity (Wildman–Crippen MR) is 96.2 cm³/mol. The Hall–Kier alpha value is -2.11. The third-order valence-corrected chi connectivity index (χ3v) is 5.51. The Morgan fingerprint density at radius 1 is 1.35 bits per heavy atom. The van der Waals surface area contributed by atoms with Crippen molar-refractivity contribution in [1.29, 1.82) is 0 Å². The first-order valence-electron chi connectivity index (χ1n) is 9.44. The number of piperidine rings is 1. The highest BCUT2D eigenvalue weighted by molar-refractivity contribution is 5.79. The first-order valence-corrected chi connectivity index (χ1v) is 9.44. The summed E-state index contributed by atoms with van der Waals surface area (Å²) in [5.74, 6) is -0.335. The van der Waals surface area contributed by atoms with Gasteiger partial charge in [-0.3, -0.25) is 4.79 Å². The van der Waals surface area contributed by atoms with Crippen LogP contribution in [0.25, 0.3) is 0 Å². The Labute approximate surface area is 154 Å². The summed E-state index contributed by atoms with van der Waals surface area (Å²) in [6.07, 6.45) is 3.27. The van der Waals surface area contributed by atoms with Crippen LogP contribution in [-0.4, -0.2) is 53.1 Å². The number of benzene rings is 1. The topological polar surface area (TPSA) is 49.9 Å². The minimum atomic E-state index is -0.464. The van der Waals surface area contributed by atoms with E-state index in [1.165, 1.54) is 12.1 Å². The van der Waals surface area contributed by atoms with Crippen LogP contribution in [0.15, 0.2) is 24.3 Å². The van der Waals surface area contributed by atoms with Crippen molar-refractivity contribution in [3.05, 3.63) is 35.6 Å². The van der Waals surface area contributed by atoms with Crippen LogP contribution in [0, 0.1) is 5.82 Å². The molecule has 26 heavy (non-hydrogen) atoms. The van der Waals surface area contributed by atoms with E-state index in [2.05, 4.69) is 13.8 Å². The van der Waals surface area contributed by atoms with Gasteiger partial charge in [0.25, 0.3) is 0 Å². The van der Waals surface area contributed by atoms with Gasteiger partial charge in [0.05, 0.1) is 13.0 Å². The molecule has 2 amide bonds.